The summed E-state index contributed by atoms with van der Waals surface area (Å²) in [5, 5.41) is 3.52. The highest BCUT2D eigenvalue weighted by molar-refractivity contribution is 7.92. The maximum atomic E-state index is 12.5. The van der Waals surface area contributed by atoms with Crippen LogP contribution in [0.5, 0.6) is 5.75 Å². The average molecular weight is 370 g/mol. The van der Waals surface area contributed by atoms with Gasteiger partial charge in [-0.2, -0.15) is 0 Å². The molecule has 0 saturated carbocycles. The topological polar surface area (TPSA) is 80.3 Å². The molecule has 0 fully saturated rings. The fourth-order valence-corrected chi connectivity index (χ4v) is 3.44. The van der Waals surface area contributed by atoms with E-state index in [0.29, 0.717) is 16.5 Å². The third-order valence-corrected chi connectivity index (χ3v) is 5.08. The highest BCUT2D eigenvalue weighted by Gasteiger charge is 2.20. The third-order valence-electron chi connectivity index (χ3n) is 3.44. The number of benzene rings is 1. The first-order valence-electron chi connectivity index (χ1n) is 7.44. The van der Waals surface area contributed by atoms with Gasteiger partial charge in [-0.15, -0.1) is 0 Å². The molecule has 1 aromatic carbocycles. The second-order valence-electron chi connectivity index (χ2n) is 5.29. The molecule has 6 nitrogen and oxygen atoms in total. The van der Waals surface area contributed by atoms with E-state index in [4.69, 9.17) is 16.3 Å². The lowest BCUT2D eigenvalue weighted by atomic mass is 10.2. The van der Waals surface area contributed by atoms with Crippen molar-refractivity contribution in [1.29, 1.82) is 0 Å². The number of rotatable bonds is 7. The van der Waals surface area contributed by atoms with Crippen LogP contribution in [-0.4, -0.2) is 26.6 Å². The van der Waals surface area contributed by atoms with Crippen LogP contribution in [0.1, 0.15) is 20.3 Å². The standard InChI is InChI=1S/C16H20ClN3O3S/c1-4-11(2)19-16-8-6-13(10-18-16)20-24(21,22)15-9-12(17)5-7-14(15)23-3/h5-11,20H,4H2,1-3H3,(H,18,19). The van der Waals surface area contributed by atoms with E-state index < -0.39 is 10.0 Å². The highest BCUT2D eigenvalue weighted by Crippen LogP contribution is 2.28. The first-order valence-corrected chi connectivity index (χ1v) is 9.30. The summed E-state index contributed by atoms with van der Waals surface area (Å²) in [6, 6.07) is 8.07. The Kier molecular flexibility index (Phi) is 5.90. The van der Waals surface area contributed by atoms with Gasteiger partial charge in [-0.05, 0) is 43.7 Å². The molecule has 8 heteroatoms. The number of ether oxygens (including phenoxy) is 1. The van der Waals surface area contributed by atoms with Crippen LogP contribution in [0.15, 0.2) is 41.4 Å². The molecule has 0 saturated heterocycles. The molecule has 0 spiro atoms. The van der Waals surface area contributed by atoms with Crippen LogP contribution in [0.2, 0.25) is 5.02 Å². The first kappa shape index (κ1) is 18.4. The minimum atomic E-state index is -3.84. The molecular weight excluding hydrogens is 350 g/mol. The highest BCUT2D eigenvalue weighted by atomic mass is 35.5. The Bertz CT molecular complexity index is 795. The predicted octanol–water partition coefficient (Wildman–Crippen LogP) is 3.75. The smallest absolute Gasteiger partial charge is 0.265 e. The van der Waals surface area contributed by atoms with Crippen molar-refractivity contribution in [1.82, 2.24) is 4.98 Å². The molecule has 1 atom stereocenters. The van der Waals surface area contributed by atoms with Gasteiger partial charge >= 0.3 is 0 Å². The molecule has 2 N–H and O–H groups in total. The van der Waals surface area contributed by atoms with E-state index in [0.717, 1.165) is 6.42 Å². The van der Waals surface area contributed by atoms with Crippen molar-refractivity contribution in [3.63, 3.8) is 0 Å². The summed E-state index contributed by atoms with van der Waals surface area (Å²) in [6.07, 6.45) is 2.42. The number of hydrogen-bond acceptors (Lipinski definition) is 5. The summed E-state index contributed by atoms with van der Waals surface area (Å²) < 4.78 is 32.7. The summed E-state index contributed by atoms with van der Waals surface area (Å²) in [5.41, 5.74) is 0.353. The van der Waals surface area contributed by atoms with Crippen LogP contribution in [0.25, 0.3) is 0 Å². The molecule has 1 heterocycles. The van der Waals surface area contributed by atoms with Crippen molar-refractivity contribution >= 4 is 33.1 Å². The number of aromatic nitrogens is 1. The number of sulfonamides is 1. The molecule has 0 radical (unpaired) electrons. The zero-order valence-corrected chi connectivity index (χ0v) is 15.3. The molecular formula is C16H20ClN3O3S. The molecule has 130 valence electrons. The number of halogens is 1. The van der Waals surface area contributed by atoms with Crippen LogP contribution in [0, 0.1) is 0 Å². The molecule has 0 aliphatic heterocycles. The monoisotopic (exact) mass is 369 g/mol. The second kappa shape index (κ2) is 7.72. The maximum Gasteiger partial charge on any atom is 0.265 e. The lowest BCUT2D eigenvalue weighted by molar-refractivity contribution is 0.403. The summed E-state index contributed by atoms with van der Waals surface area (Å²) in [5.74, 6) is 0.905. The summed E-state index contributed by atoms with van der Waals surface area (Å²) >= 11 is 5.90. The quantitative estimate of drug-likeness (QED) is 0.776. The van der Waals surface area contributed by atoms with Gasteiger partial charge < -0.3 is 10.1 Å². The summed E-state index contributed by atoms with van der Waals surface area (Å²) in [7, 11) is -2.44. The number of anilines is 2. The van der Waals surface area contributed by atoms with E-state index in [2.05, 4.69) is 21.9 Å². The van der Waals surface area contributed by atoms with Gasteiger partial charge in [-0.25, -0.2) is 13.4 Å². The van der Waals surface area contributed by atoms with Crippen molar-refractivity contribution in [3.8, 4) is 5.75 Å². The second-order valence-corrected chi connectivity index (χ2v) is 7.37. The Morgan fingerprint density at radius 3 is 2.62 bits per heavy atom. The van der Waals surface area contributed by atoms with Crippen molar-refractivity contribution in [3.05, 3.63) is 41.6 Å². The first-order chi connectivity index (χ1) is 11.4. The summed E-state index contributed by atoms with van der Waals surface area (Å²) in [6.45, 7) is 4.11. The van der Waals surface area contributed by atoms with E-state index in [-0.39, 0.29) is 16.7 Å². The normalized spacial score (nSPS) is 12.5. The molecule has 24 heavy (non-hydrogen) atoms. The Morgan fingerprint density at radius 1 is 1.29 bits per heavy atom. The molecule has 1 aromatic heterocycles. The molecule has 0 bridgehead atoms. The van der Waals surface area contributed by atoms with Crippen LogP contribution < -0.4 is 14.8 Å². The lowest BCUT2D eigenvalue weighted by Crippen LogP contribution is -2.16. The van der Waals surface area contributed by atoms with Gasteiger partial charge in [0.25, 0.3) is 10.0 Å². The molecule has 1 unspecified atom stereocenters. The number of hydrogen-bond donors (Lipinski definition) is 2. The fraction of sp³-hybridized carbons (Fsp3) is 0.312. The van der Waals surface area contributed by atoms with Gasteiger partial charge in [0.1, 0.15) is 16.5 Å². The number of methoxy groups -OCH3 is 1. The predicted molar refractivity (Wildman–Crippen MR) is 96.4 cm³/mol. The van der Waals surface area contributed by atoms with E-state index in [9.17, 15) is 8.42 Å². The van der Waals surface area contributed by atoms with Gasteiger partial charge in [-0.1, -0.05) is 18.5 Å². The zero-order chi connectivity index (χ0) is 17.7. The van der Waals surface area contributed by atoms with Gasteiger partial charge in [-0.3, -0.25) is 4.72 Å². The number of nitrogens with zero attached hydrogens (tertiary/aromatic N) is 1. The van der Waals surface area contributed by atoms with Gasteiger partial charge in [0.15, 0.2) is 0 Å². The molecule has 2 rings (SSSR count). The minimum Gasteiger partial charge on any atom is -0.495 e. The number of nitrogens with one attached hydrogen (secondary N) is 2. The van der Waals surface area contributed by atoms with Crippen molar-refractivity contribution in [2.75, 3.05) is 17.1 Å². The van der Waals surface area contributed by atoms with Crippen molar-refractivity contribution < 1.29 is 13.2 Å². The SMILES string of the molecule is CCC(C)Nc1ccc(NS(=O)(=O)c2cc(Cl)ccc2OC)cn1. The third kappa shape index (κ3) is 4.52. The van der Waals surface area contributed by atoms with E-state index in [1.807, 2.05) is 6.92 Å². The van der Waals surface area contributed by atoms with E-state index in [1.165, 1.54) is 25.4 Å². The zero-order valence-electron chi connectivity index (χ0n) is 13.7. The molecule has 0 amide bonds. The van der Waals surface area contributed by atoms with E-state index in [1.54, 1.807) is 18.2 Å². The summed E-state index contributed by atoms with van der Waals surface area (Å²) in [4.78, 5) is 4.18. The Labute approximate surface area is 147 Å². The van der Waals surface area contributed by atoms with E-state index >= 15 is 0 Å². The Hall–Kier alpha value is -1.99. The number of pyridine rings is 1. The van der Waals surface area contributed by atoms with Crippen LogP contribution in [0.4, 0.5) is 11.5 Å². The minimum absolute atomic E-state index is 0.0284. The van der Waals surface area contributed by atoms with Gasteiger partial charge in [0.2, 0.25) is 0 Å². The Balaban J connectivity index is 2.22. The fourth-order valence-electron chi connectivity index (χ4n) is 1.96. The van der Waals surface area contributed by atoms with Crippen LogP contribution >= 0.6 is 11.6 Å². The maximum absolute atomic E-state index is 12.5. The lowest BCUT2D eigenvalue weighted by Gasteiger charge is -2.14. The van der Waals surface area contributed by atoms with Gasteiger partial charge in [0, 0.05) is 11.1 Å². The van der Waals surface area contributed by atoms with Crippen LogP contribution in [0.3, 0.4) is 0 Å². The van der Waals surface area contributed by atoms with Crippen LogP contribution in [-0.2, 0) is 10.0 Å². The average Bonchev–Trinajstić information content (AvgIpc) is 2.56. The largest absolute Gasteiger partial charge is 0.495 e. The molecule has 2 aromatic rings. The molecule has 0 aliphatic rings. The van der Waals surface area contributed by atoms with Gasteiger partial charge in [0.05, 0.1) is 19.0 Å². The Morgan fingerprint density at radius 2 is 2.04 bits per heavy atom. The van der Waals surface area contributed by atoms with Crippen molar-refractivity contribution in [2.24, 2.45) is 0 Å². The van der Waals surface area contributed by atoms with Crippen molar-refractivity contribution in [2.45, 2.75) is 31.2 Å². The molecule has 0 aliphatic carbocycles.